The summed E-state index contributed by atoms with van der Waals surface area (Å²) in [4.78, 5) is 8.32. The molecule has 2 N–H and O–H groups in total. The van der Waals surface area contributed by atoms with Gasteiger partial charge in [0.05, 0.1) is 17.1 Å². The Morgan fingerprint density at radius 2 is 1.90 bits per heavy atom. The lowest BCUT2D eigenvalue weighted by molar-refractivity contribution is 0.549. The molecule has 0 saturated carbocycles. The molecule has 1 atom stereocenters. The van der Waals surface area contributed by atoms with E-state index in [9.17, 15) is 0 Å². The van der Waals surface area contributed by atoms with Gasteiger partial charge in [-0.15, -0.1) is 0 Å². The molecule has 0 amide bonds. The minimum Gasteiger partial charge on any atom is -0.340 e. The molecule has 1 aromatic heterocycles. The van der Waals surface area contributed by atoms with Crippen LogP contribution in [0, 0.1) is 13.8 Å². The number of nitrogens with one attached hydrogen (secondary N) is 2. The molecule has 0 aliphatic carbocycles. The van der Waals surface area contributed by atoms with Crippen molar-refractivity contribution in [3.8, 4) is 0 Å². The minimum atomic E-state index is 0.169. The Hall–Kier alpha value is -2.13. The highest BCUT2D eigenvalue weighted by molar-refractivity contribution is 5.77. The molecular weight excluding hydrogens is 258 g/mol. The van der Waals surface area contributed by atoms with Gasteiger partial charge in [-0.25, -0.2) is 4.98 Å². The van der Waals surface area contributed by atoms with Gasteiger partial charge in [0, 0.05) is 6.54 Å². The first-order chi connectivity index (χ1) is 10.2. The molecule has 0 spiro atoms. The van der Waals surface area contributed by atoms with Crippen molar-refractivity contribution >= 4 is 11.0 Å². The maximum absolute atomic E-state index is 4.82. The van der Waals surface area contributed by atoms with Crippen LogP contribution in [0.2, 0.25) is 0 Å². The third-order valence-corrected chi connectivity index (χ3v) is 4.50. The average Bonchev–Trinajstić information content (AvgIpc) is 2.90. The largest absolute Gasteiger partial charge is 0.340 e. The van der Waals surface area contributed by atoms with Crippen LogP contribution in [0.5, 0.6) is 0 Å². The summed E-state index contributed by atoms with van der Waals surface area (Å²) in [7, 11) is 0. The molecule has 0 bridgehead atoms. The molecule has 0 saturated heterocycles. The number of benzene rings is 2. The number of nitrogens with zero attached hydrogens (tertiary/aromatic N) is 1. The van der Waals surface area contributed by atoms with Crippen LogP contribution in [0.1, 0.15) is 34.1 Å². The van der Waals surface area contributed by atoms with Gasteiger partial charge in [0.1, 0.15) is 5.82 Å². The Labute approximate surface area is 124 Å². The van der Waals surface area contributed by atoms with Gasteiger partial charge < -0.3 is 10.3 Å². The SMILES string of the molecule is Cc1cc2nc(C3NCCc4ccccc43)[nH]c2cc1C. The van der Waals surface area contributed by atoms with Crippen molar-refractivity contribution in [2.45, 2.75) is 26.3 Å². The summed E-state index contributed by atoms with van der Waals surface area (Å²) in [6.07, 6.45) is 1.09. The Bertz CT molecular complexity index is 777. The number of H-pyrrole nitrogens is 1. The number of aryl methyl sites for hydroxylation is 2. The fourth-order valence-electron chi connectivity index (χ4n) is 3.17. The number of aromatic nitrogens is 2. The first-order valence-corrected chi connectivity index (χ1v) is 7.50. The molecule has 4 rings (SSSR count). The van der Waals surface area contributed by atoms with E-state index in [1.165, 1.54) is 22.3 Å². The van der Waals surface area contributed by atoms with E-state index in [4.69, 9.17) is 4.98 Å². The summed E-state index contributed by atoms with van der Waals surface area (Å²) in [5.41, 5.74) is 7.54. The molecule has 3 aromatic rings. The Balaban J connectivity index is 1.84. The summed E-state index contributed by atoms with van der Waals surface area (Å²) in [6.45, 7) is 5.28. The third-order valence-electron chi connectivity index (χ3n) is 4.50. The van der Waals surface area contributed by atoms with Gasteiger partial charge in [-0.2, -0.15) is 0 Å². The zero-order chi connectivity index (χ0) is 14.4. The van der Waals surface area contributed by atoms with Gasteiger partial charge in [0.15, 0.2) is 0 Å². The van der Waals surface area contributed by atoms with Crippen LogP contribution in [0.15, 0.2) is 36.4 Å². The molecule has 106 valence electrons. The second kappa shape index (κ2) is 4.71. The highest BCUT2D eigenvalue weighted by Gasteiger charge is 2.23. The van der Waals surface area contributed by atoms with Gasteiger partial charge in [-0.3, -0.25) is 0 Å². The molecule has 21 heavy (non-hydrogen) atoms. The average molecular weight is 277 g/mol. The van der Waals surface area contributed by atoms with Crippen molar-refractivity contribution in [1.82, 2.24) is 15.3 Å². The number of imidazole rings is 1. The highest BCUT2D eigenvalue weighted by atomic mass is 15.0. The van der Waals surface area contributed by atoms with E-state index >= 15 is 0 Å². The first-order valence-electron chi connectivity index (χ1n) is 7.50. The standard InChI is InChI=1S/C18H19N3/c1-11-9-15-16(10-12(11)2)21-18(20-15)17-14-6-4-3-5-13(14)7-8-19-17/h3-6,9-10,17,19H,7-8H2,1-2H3,(H,20,21). The van der Waals surface area contributed by atoms with Crippen LogP contribution in [0.3, 0.4) is 0 Å². The number of hydrogen-bond donors (Lipinski definition) is 2. The topological polar surface area (TPSA) is 40.7 Å². The summed E-state index contributed by atoms with van der Waals surface area (Å²) in [5.74, 6) is 1.02. The maximum atomic E-state index is 4.82. The summed E-state index contributed by atoms with van der Waals surface area (Å²) < 4.78 is 0. The van der Waals surface area contributed by atoms with Crippen molar-refractivity contribution in [1.29, 1.82) is 0 Å². The zero-order valence-corrected chi connectivity index (χ0v) is 12.4. The van der Waals surface area contributed by atoms with E-state index in [-0.39, 0.29) is 6.04 Å². The van der Waals surface area contributed by atoms with Crippen molar-refractivity contribution in [2.75, 3.05) is 6.54 Å². The lowest BCUT2D eigenvalue weighted by Crippen LogP contribution is -2.31. The quantitative estimate of drug-likeness (QED) is 0.715. The van der Waals surface area contributed by atoms with Gasteiger partial charge in [-0.1, -0.05) is 24.3 Å². The van der Waals surface area contributed by atoms with Crippen molar-refractivity contribution in [3.05, 3.63) is 64.5 Å². The van der Waals surface area contributed by atoms with E-state index in [0.29, 0.717) is 0 Å². The smallest absolute Gasteiger partial charge is 0.129 e. The molecule has 2 aromatic carbocycles. The number of hydrogen-bond acceptors (Lipinski definition) is 2. The number of rotatable bonds is 1. The van der Waals surface area contributed by atoms with Gasteiger partial charge in [0.2, 0.25) is 0 Å². The molecule has 0 radical (unpaired) electrons. The monoisotopic (exact) mass is 277 g/mol. The molecule has 2 heterocycles. The van der Waals surface area contributed by atoms with Crippen LogP contribution in [0.4, 0.5) is 0 Å². The Kier molecular flexibility index (Phi) is 2.82. The van der Waals surface area contributed by atoms with E-state index in [2.05, 4.69) is 60.5 Å². The summed E-state index contributed by atoms with van der Waals surface area (Å²) >= 11 is 0. The molecule has 1 unspecified atom stereocenters. The first kappa shape index (κ1) is 12.6. The molecule has 1 aliphatic rings. The normalized spacial score (nSPS) is 17.9. The van der Waals surface area contributed by atoms with E-state index in [1.807, 2.05) is 0 Å². The van der Waals surface area contributed by atoms with Crippen LogP contribution in [-0.4, -0.2) is 16.5 Å². The van der Waals surface area contributed by atoms with Gasteiger partial charge in [0.25, 0.3) is 0 Å². The highest BCUT2D eigenvalue weighted by Crippen LogP contribution is 2.28. The fourth-order valence-corrected chi connectivity index (χ4v) is 3.17. The molecular formula is C18H19N3. The van der Waals surface area contributed by atoms with Crippen LogP contribution >= 0.6 is 0 Å². The van der Waals surface area contributed by atoms with E-state index in [1.54, 1.807) is 0 Å². The predicted octanol–water partition coefficient (Wildman–Crippen LogP) is 3.41. The van der Waals surface area contributed by atoms with Crippen molar-refractivity contribution in [2.24, 2.45) is 0 Å². The number of fused-ring (bicyclic) bond motifs is 2. The van der Waals surface area contributed by atoms with Gasteiger partial charge >= 0.3 is 0 Å². The molecule has 3 nitrogen and oxygen atoms in total. The number of aromatic amines is 1. The van der Waals surface area contributed by atoms with Gasteiger partial charge in [-0.05, 0) is 54.7 Å². The molecule has 1 aliphatic heterocycles. The lowest BCUT2D eigenvalue weighted by atomic mass is 9.94. The molecule has 0 fully saturated rings. The Morgan fingerprint density at radius 3 is 2.81 bits per heavy atom. The Morgan fingerprint density at radius 1 is 1.10 bits per heavy atom. The van der Waals surface area contributed by atoms with Crippen molar-refractivity contribution in [3.63, 3.8) is 0 Å². The molecule has 3 heteroatoms. The third kappa shape index (κ3) is 2.05. The van der Waals surface area contributed by atoms with Crippen LogP contribution in [0.25, 0.3) is 11.0 Å². The predicted molar refractivity (Wildman–Crippen MR) is 85.6 cm³/mol. The van der Waals surface area contributed by atoms with Crippen molar-refractivity contribution < 1.29 is 0 Å². The zero-order valence-electron chi connectivity index (χ0n) is 12.4. The summed E-state index contributed by atoms with van der Waals surface area (Å²) in [6, 6.07) is 13.2. The summed E-state index contributed by atoms with van der Waals surface area (Å²) in [5, 5.41) is 3.59. The second-order valence-corrected chi connectivity index (χ2v) is 5.91. The minimum absolute atomic E-state index is 0.169. The van der Waals surface area contributed by atoms with Crippen LogP contribution < -0.4 is 5.32 Å². The fraction of sp³-hybridized carbons (Fsp3) is 0.278. The van der Waals surface area contributed by atoms with E-state index in [0.717, 1.165) is 29.8 Å². The maximum Gasteiger partial charge on any atom is 0.129 e. The van der Waals surface area contributed by atoms with E-state index < -0.39 is 0 Å². The lowest BCUT2D eigenvalue weighted by Gasteiger charge is -2.25. The second-order valence-electron chi connectivity index (χ2n) is 5.91. The van der Waals surface area contributed by atoms with Crippen LogP contribution in [-0.2, 0) is 6.42 Å².